The van der Waals surface area contributed by atoms with Crippen LogP contribution in [0.4, 0.5) is 0 Å². The number of esters is 1. The van der Waals surface area contributed by atoms with E-state index in [-0.39, 0.29) is 12.5 Å². The van der Waals surface area contributed by atoms with Gasteiger partial charge >= 0.3 is 5.97 Å². The molecule has 39 heavy (non-hydrogen) atoms. The van der Waals surface area contributed by atoms with Crippen molar-refractivity contribution < 1.29 is 23.8 Å². The first-order valence-electron chi connectivity index (χ1n) is 12.6. The number of carbonyl (C=O) groups excluding carboxylic acids is 2. The van der Waals surface area contributed by atoms with Crippen LogP contribution in [-0.4, -0.2) is 34.8 Å². The van der Waals surface area contributed by atoms with E-state index in [1.807, 2.05) is 36.4 Å². The Bertz CT molecular complexity index is 1430. The van der Waals surface area contributed by atoms with Crippen LogP contribution in [0.3, 0.4) is 0 Å². The van der Waals surface area contributed by atoms with E-state index in [2.05, 4.69) is 32.9 Å². The Balaban J connectivity index is 1.57. The molecule has 0 spiro atoms. The Morgan fingerprint density at radius 3 is 2.41 bits per heavy atom. The van der Waals surface area contributed by atoms with E-state index in [0.29, 0.717) is 32.9 Å². The molecule has 8 heteroatoms. The van der Waals surface area contributed by atoms with Crippen molar-refractivity contribution >= 4 is 46.3 Å². The second-order valence-corrected chi connectivity index (χ2v) is 10.9. The molecule has 0 bridgehead atoms. The molecule has 3 aromatic rings. The molecule has 0 aromatic heterocycles. The summed E-state index contributed by atoms with van der Waals surface area (Å²) in [5.41, 5.74) is 6.14. The van der Waals surface area contributed by atoms with Crippen molar-refractivity contribution in [2.24, 2.45) is 0 Å². The molecule has 0 saturated carbocycles. The van der Waals surface area contributed by atoms with Crippen LogP contribution in [0.25, 0.3) is 6.08 Å². The first-order chi connectivity index (χ1) is 18.7. The highest BCUT2D eigenvalue weighted by atomic mass is 32.2. The molecule has 1 amide bonds. The molecule has 1 atom stereocenters. The fourth-order valence-corrected chi connectivity index (χ4v) is 5.64. The number of nitrogens with zero attached hydrogens (tertiary/aromatic N) is 1. The topological polar surface area (TPSA) is 65.1 Å². The van der Waals surface area contributed by atoms with Crippen molar-refractivity contribution in [2.45, 2.75) is 40.3 Å². The number of rotatable bonds is 9. The van der Waals surface area contributed by atoms with E-state index < -0.39 is 12.0 Å². The van der Waals surface area contributed by atoms with Crippen LogP contribution in [0, 0.1) is 20.8 Å². The highest BCUT2D eigenvalue weighted by Crippen LogP contribution is 2.39. The highest BCUT2D eigenvalue weighted by molar-refractivity contribution is 8.26. The van der Waals surface area contributed by atoms with Crippen LogP contribution < -0.4 is 9.47 Å². The van der Waals surface area contributed by atoms with Gasteiger partial charge in [-0.2, -0.15) is 0 Å². The molecule has 1 aliphatic rings. The summed E-state index contributed by atoms with van der Waals surface area (Å²) < 4.78 is 17.3. The molecule has 0 aliphatic carbocycles. The van der Waals surface area contributed by atoms with Crippen molar-refractivity contribution in [1.29, 1.82) is 0 Å². The first-order valence-corrected chi connectivity index (χ1v) is 13.8. The number of thiocarbonyl (C=S) groups is 1. The van der Waals surface area contributed by atoms with Gasteiger partial charge in [0.1, 0.15) is 10.9 Å². The van der Waals surface area contributed by atoms with Crippen LogP contribution in [0.2, 0.25) is 0 Å². The van der Waals surface area contributed by atoms with E-state index in [1.54, 1.807) is 32.2 Å². The normalized spacial score (nSPS) is 15.0. The lowest BCUT2D eigenvalue weighted by Gasteiger charge is -2.25. The van der Waals surface area contributed by atoms with E-state index in [4.69, 9.17) is 26.4 Å². The van der Waals surface area contributed by atoms with Gasteiger partial charge in [-0.05, 0) is 79.3 Å². The van der Waals surface area contributed by atoms with Gasteiger partial charge in [-0.1, -0.05) is 72.5 Å². The van der Waals surface area contributed by atoms with Crippen molar-refractivity contribution in [2.75, 3.05) is 13.7 Å². The average molecular weight is 562 g/mol. The number of hydrogen-bond acceptors (Lipinski definition) is 7. The zero-order valence-electron chi connectivity index (χ0n) is 22.6. The molecule has 0 radical (unpaired) electrons. The minimum Gasteiger partial charge on any atom is -0.493 e. The predicted octanol–water partition coefficient (Wildman–Crippen LogP) is 6.71. The fraction of sp³-hybridized carbons (Fsp3) is 0.258. The number of carbonyl (C=O) groups is 2. The molecule has 4 rings (SSSR count). The van der Waals surface area contributed by atoms with Crippen LogP contribution in [0.15, 0.2) is 65.6 Å². The lowest BCUT2D eigenvalue weighted by atomic mass is 10.0. The molecule has 1 aliphatic heterocycles. The standard InChI is InChI=1S/C31H31NO5S2/c1-6-36-30(34)28(23-10-8-7-9-11-23)32-29(33)27(39-31(32)38)17-22-12-13-25(26(16-22)35-5)37-18-24-15-20(3)19(2)14-21(24)4/h7-17,28H,6,18H2,1-5H3/b27-17+. The summed E-state index contributed by atoms with van der Waals surface area (Å²) in [5.74, 6) is 0.278. The Labute approximate surface area is 238 Å². The summed E-state index contributed by atoms with van der Waals surface area (Å²) in [5, 5.41) is 0. The van der Waals surface area contributed by atoms with Crippen molar-refractivity contribution in [3.05, 3.63) is 98.9 Å². The lowest BCUT2D eigenvalue weighted by molar-refractivity contribution is -0.151. The minimum atomic E-state index is -0.955. The third-order valence-electron chi connectivity index (χ3n) is 6.53. The summed E-state index contributed by atoms with van der Waals surface area (Å²) >= 11 is 6.70. The number of benzene rings is 3. The molecule has 1 saturated heterocycles. The zero-order valence-corrected chi connectivity index (χ0v) is 24.3. The third-order valence-corrected chi connectivity index (χ3v) is 7.86. The van der Waals surface area contributed by atoms with E-state index in [0.717, 1.165) is 22.9 Å². The average Bonchev–Trinajstić information content (AvgIpc) is 3.19. The van der Waals surface area contributed by atoms with Gasteiger partial charge in [0.15, 0.2) is 17.5 Å². The van der Waals surface area contributed by atoms with Gasteiger partial charge in [-0.25, -0.2) is 4.79 Å². The Hall–Kier alpha value is -3.62. The maximum Gasteiger partial charge on any atom is 0.333 e. The molecule has 6 nitrogen and oxygen atoms in total. The van der Waals surface area contributed by atoms with Gasteiger partial charge < -0.3 is 14.2 Å². The Morgan fingerprint density at radius 1 is 1.00 bits per heavy atom. The second kappa shape index (κ2) is 12.5. The summed E-state index contributed by atoms with van der Waals surface area (Å²) in [7, 11) is 1.58. The molecule has 1 fully saturated rings. The Kier molecular flexibility index (Phi) is 9.09. The summed E-state index contributed by atoms with van der Waals surface area (Å²) in [6.45, 7) is 8.60. The molecule has 202 valence electrons. The van der Waals surface area contributed by atoms with Crippen LogP contribution in [0.1, 0.15) is 46.3 Å². The van der Waals surface area contributed by atoms with Gasteiger partial charge in [0.25, 0.3) is 5.91 Å². The minimum absolute atomic E-state index is 0.199. The zero-order chi connectivity index (χ0) is 28.1. The monoisotopic (exact) mass is 561 g/mol. The maximum absolute atomic E-state index is 13.5. The number of ether oxygens (including phenoxy) is 3. The Morgan fingerprint density at radius 2 is 1.72 bits per heavy atom. The van der Waals surface area contributed by atoms with Crippen LogP contribution in [0.5, 0.6) is 11.5 Å². The summed E-state index contributed by atoms with van der Waals surface area (Å²) in [6, 6.07) is 17.9. The van der Waals surface area contributed by atoms with Crippen LogP contribution in [-0.2, 0) is 20.9 Å². The first kappa shape index (κ1) is 28.4. The molecule has 1 unspecified atom stereocenters. The summed E-state index contributed by atoms with van der Waals surface area (Å²) in [4.78, 5) is 28.1. The number of hydrogen-bond donors (Lipinski definition) is 0. The van der Waals surface area contributed by atoms with Crippen molar-refractivity contribution in [3.63, 3.8) is 0 Å². The van der Waals surface area contributed by atoms with Gasteiger partial charge in [0.2, 0.25) is 0 Å². The van der Waals surface area contributed by atoms with Gasteiger partial charge in [0, 0.05) is 0 Å². The molecule has 3 aromatic carbocycles. The molecular weight excluding hydrogens is 530 g/mol. The quantitative estimate of drug-likeness (QED) is 0.164. The molecule has 1 heterocycles. The summed E-state index contributed by atoms with van der Waals surface area (Å²) in [6.07, 6.45) is 1.74. The van der Waals surface area contributed by atoms with Crippen LogP contribution >= 0.6 is 24.0 Å². The smallest absolute Gasteiger partial charge is 0.333 e. The highest BCUT2D eigenvalue weighted by Gasteiger charge is 2.42. The number of amides is 1. The number of methoxy groups -OCH3 is 1. The van der Waals surface area contributed by atoms with E-state index in [9.17, 15) is 9.59 Å². The van der Waals surface area contributed by atoms with Crippen molar-refractivity contribution in [1.82, 2.24) is 4.90 Å². The predicted molar refractivity (Wildman–Crippen MR) is 159 cm³/mol. The number of thioether (sulfide) groups is 1. The number of aryl methyl sites for hydroxylation is 3. The van der Waals surface area contributed by atoms with Gasteiger partial charge in [-0.15, -0.1) is 0 Å². The van der Waals surface area contributed by atoms with Crippen molar-refractivity contribution in [3.8, 4) is 11.5 Å². The third kappa shape index (κ3) is 6.34. The van der Waals surface area contributed by atoms with Gasteiger partial charge in [-0.3, -0.25) is 9.69 Å². The largest absolute Gasteiger partial charge is 0.493 e. The molecule has 0 N–H and O–H groups in total. The molecular formula is C31H31NO5S2. The van der Waals surface area contributed by atoms with Gasteiger partial charge in [0.05, 0.1) is 18.6 Å². The second-order valence-electron chi connectivity index (χ2n) is 9.18. The SMILES string of the molecule is CCOC(=O)C(c1ccccc1)N1C(=O)/C(=C\c2ccc(OCc3cc(C)c(C)cc3C)c(OC)c2)SC1=S. The van der Waals surface area contributed by atoms with E-state index in [1.165, 1.54) is 21.6 Å². The maximum atomic E-state index is 13.5. The fourth-order valence-electron chi connectivity index (χ4n) is 4.33. The van der Waals surface area contributed by atoms with E-state index >= 15 is 0 Å². The lowest BCUT2D eigenvalue weighted by Crippen LogP contribution is -2.38.